The molecular formula is C14H14FNO3. The van der Waals surface area contributed by atoms with Crippen LogP contribution in [0.2, 0.25) is 0 Å². The van der Waals surface area contributed by atoms with Crippen molar-refractivity contribution in [2.24, 2.45) is 0 Å². The highest BCUT2D eigenvalue weighted by Crippen LogP contribution is 2.29. The average molecular weight is 263 g/mol. The van der Waals surface area contributed by atoms with Gasteiger partial charge in [0.2, 0.25) is 0 Å². The predicted octanol–water partition coefficient (Wildman–Crippen LogP) is 2.32. The molecule has 1 atom stereocenters. The lowest BCUT2D eigenvalue weighted by molar-refractivity contribution is 0.218. The lowest BCUT2D eigenvalue weighted by atomic mass is 10.0. The summed E-state index contributed by atoms with van der Waals surface area (Å²) in [5, 5.41) is 10.2. The summed E-state index contributed by atoms with van der Waals surface area (Å²) in [7, 11) is 3.04. The van der Waals surface area contributed by atoms with Gasteiger partial charge in [0.25, 0.3) is 0 Å². The highest BCUT2D eigenvalue weighted by molar-refractivity contribution is 5.41. The van der Waals surface area contributed by atoms with Gasteiger partial charge in [-0.3, -0.25) is 4.98 Å². The van der Waals surface area contributed by atoms with Gasteiger partial charge in [0, 0.05) is 17.8 Å². The SMILES string of the molecule is COc1cc(OC)cc(C(O)c2cncc(F)c2)c1. The number of ether oxygens (including phenoxy) is 2. The van der Waals surface area contributed by atoms with Gasteiger partial charge in [0.05, 0.1) is 20.4 Å². The third-order valence-corrected chi connectivity index (χ3v) is 2.73. The zero-order valence-electron chi connectivity index (χ0n) is 10.6. The van der Waals surface area contributed by atoms with Crippen LogP contribution in [0.5, 0.6) is 11.5 Å². The maximum absolute atomic E-state index is 13.1. The molecule has 1 heterocycles. The Morgan fingerprint density at radius 3 is 2.16 bits per heavy atom. The molecule has 1 N–H and O–H groups in total. The van der Waals surface area contributed by atoms with Crippen LogP contribution in [0.3, 0.4) is 0 Å². The van der Waals surface area contributed by atoms with Crippen LogP contribution >= 0.6 is 0 Å². The molecule has 0 aliphatic carbocycles. The molecule has 100 valence electrons. The monoisotopic (exact) mass is 263 g/mol. The van der Waals surface area contributed by atoms with E-state index in [0.717, 1.165) is 6.20 Å². The van der Waals surface area contributed by atoms with Gasteiger partial charge in [-0.1, -0.05) is 0 Å². The van der Waals surface area contributed by atoms with Gasteiger partial charge in [0.1, 0.15) is 23.4 Å². The first-order valence-corrected chi connectivity index (χ1v) is 5.65. The molecule has 1 aromatic carbocycles. The summed E-state index contributed by atoms with van der Waals surface area (Å²) in [6.07, 6.45) is 1.51. The van der Waals surface area contributed by atoms with Crippen molar-refractivity contribution >= 4 is 0 Å². The molecule has 19 heavy (non-hydrogen) atoms. The number of benzene rings is 1. The Kier molecular flexibility index (Phi) is 3.97. The Hall–Kier alpha value is -2.14. The second-order valence-electron chi connectivity index (χ2n) is 3.99. The van der Waals surface area contributed by atoms with Gasteiger partial charge >= 0.3 is 0 Å². The number of pyridine rings is 1. The van der Waals surface area contributed by atoms with E-state index in [9.17, 15) is 9.50 Å². The molecule has 0 spiro atoms. The van der Waals surface area contributed by atoms with Gasteiger partial charge in [-0.25, -0.2) is 4.39 Å². The summed E-state index contributed by atoms with van der Waals surface area (Å²) >= 11 is 0. The number of halogens is 1. The summed E-state index contributed by atoms with van der Waals surface area (Å²) in [6.45, 7) is 0. The molecule has 0 aliphatic heterocycles. The van der Waals surface area contributed by atoms with E-state index in [0.29, 0.717) is 22.6 Å². The smallest absolute Gasteiger partial charge is 0.141 e. The Morgan fingerprint density at radius 2 is 1.63 bits per heavy atom. The number of hydrogen-bond donors (Lipinski definition) is 1. The van der Waals surface area contributed by atoms with E-state index in [1.165, 1.54) is 26.5 Å². The number of rotatable bonds is 4. The normalized spacial score (nSPS) is 12.0. The number of aliphatic hydroxyl groups is 1. The van der Waals surface area contributed by atoms with Crippen LogP contribution in [0.15, 0.2) is 36.7 Å². The van der Waals surface area contributed by atoms with E-state index in [-0.39, 0.29) is 0 Å². The van der Waals surface area contributed by atoms with E-state index in [2.05, 4.69) is 4.98 Å². The standard InChI is InChI=1S/C14H14FNO3/c1-18-12-4-9(5-13(6-12)19-2)14(17)10-3-11(15)8-16-7-10/h3-8,14,17H,1-2H3. The molecule has 0 aliphatic rings. The maximum Gasteiger partial charge on any atom is 0.141 e. The lowest BCUT2D eigenvalue weighted by Gasteiger charge is -2.14. The molecule has 1 aromatic heterocycles. The highest BCUT2D eigenvalue weighted by Gasteiger charge is 2.14. The third-order valence-electron chi connectivity index (χ3n) is 2.73. The maximum atomic E-state index is 13.1. The molecule has 0 fully saturated rings. The Balaban J connectivity index is 2.40. The first kappa shape index (κ1) is 13.3. The Bertz CT molecular complexity index is 552. The fourth-order valence-corrected chi connectivity index (χ4v) is 1.76. The van der Waals surface area contributed by atoms with E-state index in [4.69, 9.17) is 9.47 Å². The minimum atomic E-state index is -0.993. The summed E-state index contributed by atoms with van der Waals surface area (Å²) in [5.41, 5.74) is 0.916. The third kappa shape index (κ3) is 3.00. The largest absolute Gasteiger partial charge is 0.497 e. The molecule has 0 saturated carbocycles. The van der Waals surface area contributed by atoms with Crippen molar-refractivity contribution in [2.45, 2.75) is 6.10 Å². The van der Waals surface area contributed by atoms with E-state index < -0.39 is 11.9 Å². The number of aliphatic hydroxyl groups excluding tert-OH is 1. The average Bonchev–Trinajstić information content (AvgIpc) is 2.45. The molecule has 0 bridgehead atoms. The fraction of sp³-hybridized carbons (Fsp3) is 0.214. The van der Waals surface area contributed by atoms with E-state index in [1.54, 1.807) is 18.2 Å². The van der Waals surface area contributed by atoms with Crippen LogP contribution in [0.4, 0.5) is 4.39 Å². The minimum Gasteiger partial charge on any atom is -0.497 e. The topological polar surface area (TPSA) is 51.6 Å². The zero-order valence-corrected chi connectivity index (χ0v) is 10.6. The minimum absolute atomic E-state index is 0.371. The van der Waals surface area contributed by atoms with Crippen LogP contribution in [0.25, 0.3) is 0 Å². The summed E-state index contributed by atoms with van der Waals surface area (Å²) in [4.78, 5) is 3.72. The molecule has 0 saturated heterocycles. The van der Waals surface area contributed by atoms with Crippen molar-refractivity contribution in [3.63, 3.8) is 0 Å². The number of aromatic nitrogens is 1. The molecule has 4 nitrogen and oxygen atoms in total. The van der Waals surface area contributed by atoms with Crippen molar-refractivity contribution < 1.29 is 19.0 Å². The molecule has 5 heteroatoms. The van der Waals surface area contributed by atoms with Crippen molar-refractivity contribution in [3.05, 3.63) is 53.6 Å². The van der Waals surface area contributed by atoms with Gasteiger partial charge in [-0.15, -0.1) is 0 Å². The second-order valence-corrected chi connectivity index (χ2v) is 3.99. The molecule has 1 unspecified atom stereocenters. The number of methoxy groups -OCH3 is 2. The number of hydrogen-bond acceptors (Lipinski definition) is 4. The molecular weight excluding hydrogens is 249 g/mol. The van der Waals surface area contributed by atoms with Crippen molar-refractivity contribution in [1.82, 2.24) is 4.98 Å². The Morgan fingerprint density at radius 1 is 1.00 bits per heavy atom. The first-order valence-electron chi connectivity index (χ1n) is 5.65. The Labute approximate surface area is 110 Å². The van der Waals surface area contributed by atoms with Gasteiger partial charge < -0.3 is 14.6 Å². The summed E-state index contributed by atoms with van der Waals surface area (Å²) in [5.74, 6) is 0.613. The quantitative estimate of drug-likeness (QED) is 0.919. The molecule has 0 radical (unpaired) electrons. The highest BCUT2D eigenvalue weighted by atomic mass is 19.1. The molecule has 0 amide bonds. The van der Waals surface area contributed by atoms with E-state index >= 15 is 0 Å². The zero-order chi connectivity index (χ0) is 13.8. The predicted molar refractivity (Wildman–Crippen MR) is 67.8 cm³/mol. The van der Waals surface area contributed by atoms with Gasteiger partial charge in [-0.05, 0) is 23.8 Å². The number of nitrogens with zero attached hydrogens (tertiary/aromatic N) is 1. The first-order chi connectivity index (χ1) is 9.13. The second kappa shape index (κ2) is 5.67. The van der Waals surface area contributed by atoms with Crippen LogP contribution in [-0.2, 0) is 0 Å². The van der Waals surface area contributed by atoms with Crippen molar-refractivity contribution in [2.75, 3.05) is 14.2 Å². The summed E-state index contributed by atoms with van der Waals surface area (Å²) in [6, 6.07) is 6.26. The van der Waals surface area contributed by atoms with Crippen LogP contribution in [-0.4, -0.2) is 24.3 Å². The molecule has 2 aromatic rings. The van der Waals surface area contributed by atoms with Crippen LogP contribution in [0, 0.1) is 5.82 Å². The van der Waals surface area contributed by atoms with Gasteiger partial charge in [-0.2, -0.15) is 0 Å². The van der Waals surface area contributed by atoms with Crippen molar-refractivity contribution in [3.8, 4) is 11.5 Å². The van der Waals surface area contributed by atoms with Crippen molar-refractivity contribution in [1.29, 1.82) is 0 Å². The summed E-state index contributed by atoms with van der Waals surface area (Å²) < 4.78 is 23.4. The van der Waals surface area contributed by atoms with Crippen LogP contribution < -0.4 is 9.47 Å². The van der Waals surface area contributed by atoms with E-state index in [1.807, 2.05) is 0 Å². The molecule has 2 rings (SSSR count). The lowest BCUT2D eigenvalue weighted by Crippen LogP contribution is -2.02. The van der Waals surface area contributed by atoms with Gasteiger partial charge in [0.15, 0.2) is 0 Å². The fourth-order valence-electron chi connectivity index (χ4n) is 1.76. The van der Waals surface area contributed by atoms with Crippen LogP contribution in [0.1, 0.15) is 17.2 Å².